The largest absolute Gasteiger partial charge is 0.444 e. The highest BCUT2D eigenvalue weighted by Gasteiger charge is 2.34. The third kappa shape index (κ3) is 6.78. The van der Waals surface area contributed by atoms with Gasteiger partial charge in [0.15, 0.2) is 0 Å². The lowest BCUT2D eigenvalue weighted by Gasteiger charge is -2.34. The number of hydrogen-bond acceptors (Lipinski definition) is 4. The molecule has 2 rings (SSSR count). The number of hydrogen-bond donors (Lipinski definition) is 3. The smallest absolute Gasteiger partial charge is 0.407 e. The average molecular weight is 354 g/mol. The molecule has 0 aromatic heterocycles. The van der Waals surface area contributed by atoms with E-state index in [0.29, 0.717) is 18.0 Å². The number of amides is 1. The lowest BCUT2D eigenvalue weighted by atomic mass is 9.88. The first kappa shape index (κ1) is 20.5. The summed E-state index contributed by atoms with van der Waals surface area (Å²) in [5, 5.41) is 10.6. The molecule has 5 heteroatoms. The van der Waals surface area contributed by atoms with Crippen molar-refractivity contribution in [3.8, 4) is 0 Å². The van der Waals surface area contributed by atoms with Crippen molar-refractivity contribution >= 4 is 6.09 Å². The van der Waals surface area contributed by atoms with Gasteiger partial charge < -0.3 is 20.7 Å². The van der Waals surface area contributed by atoms with E-state index in [1.807, 2.05) is 20.8 Å². The first-order chi connectivity index (χ1) is 11.8. The van der Waals surface area contributed by atoms with Gasteiger partial charge in [-0.15, -0.1) is 0 Å². The Hall–Kier alpha value is -0.810. The first-order valence-corrected chi connectivity index (χ1v) is 10.2. The zero-order valence-corrected chi connectivity index (χ0v) is 16.9. The summed E-state index contributed by atoms with van der Waals surface area (Å²) in [6.45, 7) is 12.0. The number of carbonyl (C=O) groups excluding carboxylic acids is 1. The standard InChI is InChI=1S/C20H39N3O2/c1-14(2)18(23-19(24)25-20(3,4)5)13-22-17-11-8-9-15(17)16-10-6-7-12-21-16/h14-18,21-22H,6-13H2,1-5H3,(H,23,24). The Balaban J connectivity index is 1.84. The molecule has 25 heavy (non-hydrogen) atoms. The molecule has 2 fully saturated rings. The third-order valence-electron chi connectivity index (χ3n) is 5.54. The Labute approximate surface area is 154 Å². The maximum atomic E-state index is 12.1. The molecule has 4 unspecified atom stereocenters. The SMILES string of the molecule is CC(C)C(CNC1CCCC1C1CCCCN1)NC(=O)OC(C)(C)C. The van der Waals surface area contributed by atoms with Gasteiger partial charge in [-0.25, -0.2) is 4.79 Å². The quantitative estimate of drug-likeness (QED) is 0.684. The summed E-state index contributed by atoms with van der Waals surface area (Å²) < 4.78 is 5.42. The van der Waals surface area contributed by atoms with E-state index >= 15 is 0 Å². The van der Waals surface area contributed by atoms with Gasteiger partial charge in [0, 0.05) is 24.7 Å². The molecule has 5 nitrogen and oxygen atoms in total. The highest BCUT2D eigenvalue weighted by Crippen LogP contribution is 2.31. The Morgan fingerprint density at radius 3 is 2.52 bits per heavy atom. The summed E-state index contributed by atoms with van der Waals surface area (Å²) in [5.41, 5.74) is -0.456. The highest BCUT2D eigenvalue weighted by molar-refractivity contribution is 5.68. The van der Waals surface area contributed by atoms with E-state index in [1.165, 1.54) is 45.1 Å². The third-order valence-corrected chi connectivity index (χ3v) is 5.54. The molecule has 1 amide bonds. The fourth-order valence-electron chi connectivity index (χ4n) is 4.16. The summed E-state index contributed by atoms with van der Waals surface area (Å²) in [7, 11) is 0. The monoisotopic (exact) mass is 353 g/mol. The fraction of sp³-hybridized carbons (Fsp3) is 0.950. The second kappa shape index (κ2) is 9.22. The van der Waals surface area contributed by atoms with Gasteiger partial charge in [-0.1, -0.05) is 26.7 Å². The van der Waals surface area contributed by atoms with E-state index in [-0.39, 0.29) is 12.1 Å². The van der Waals surface area contributed by atoms with Crippen molar-refractivity contribution in [2.75, 3.05) is 13.1 Å². The molecular formula is C20H39N3O2. The van der Waals surface area contributed by atoms with Crippen molar-refractivity contribution in [3.63, 3.8) is 0 Å². The van der Waals surface area contributed by atoms with Gasteiger partial charge in [0.2, 0.25) is 0 Å². The van der Waals surface area contributed by atoms with Gasteiger partial charge in [-0.3, -0.25) is 0 Å². The molecule has 1 aliphatic heterocycles. The predicted molar refractivity (Wildman–Crippen MR) is 103 cm³/mol. The van der Waals surface area contributed by atoms with Crippen LogP contribution in [-0.2, 0) is 4.74 Å². The van der Waals surface area contributed by atoms with Gasteiger partial charge >= 0.3 is 6.09 Å². The average Bonchev–Trinajstić information content (AvgIpc) is 2.98. The van der Waals surface area contributed by atoms with Crippen LogP contribution in [-0.4, -0.2) is 42.9 Å². The van der Waals surface area contributed by atoms with Crippen molar-refractivity contribution in [2.45, 2.75) is 96.9 Å². The molecule has 2 aliphatic rings. The zero-order chi connectivity index (χ0) is 18.4. The number of carbonyl (C=O) groups is 1. The number of rotatable bonds is 6. The van der Waals surface area contributed by atoms with E-state index in [1.54, 1.807) is 0 Å². The van der Waals surface area contributed by atoms with E-state index in [4.69, 9.17) is 4.74 Å². The maximum Gasteiger partial charge on any atom is 0.407 e. The van der Waals surface area contributed by atoms with Crippen LogP contribution in [0.4, 0.5) is 4.79 Å². The minimum atomic E-state index is -0.456. The normalized spacial score (nSPS) is 28.8. The Bertz CT molecular complexity index is 414. The Morgan fingerprint density at radius 2 is 1.92 bits per heavy atom. The lowest BCUT2D eigenvalue weighted by Crippen LogP contribution is -2.52. The lowest BCUT2D eigenvalue weighted by molar-refractivity contribution is 0.0488. The van der Waals surface area contributed by atoms with Crippen molar-refractivity contribution < 1.29 is 9.53 Å². The number of ether oxygens (including phenoxy) is 1. The molecule has 0 aromatic rings. The topological polar surface area (TPSA) is 62.4 Å². The molecule has 1 saturated carbocycles. The van der Waals surface area contributed by atoms with Crippen LogP contribution in [0.3, 0.4) is 0 Å². The van der Waals surface area contributed by atoms with Gasteiger partial charge in [-0.05, 0) is 64.8 Å². The van der Waals surface area contributed by atoms with Gasteiger partial charge in [0.25, 0.3) is 0 Å². The molecule has 4 atom stereocenters. The van der Waals surface area contributed by atoms with Crippen molar-refractivity contribution in [1.29, 1.82) is 0 Å². The van der Waals surface area contributed by atoms with Crippen LogP contribution in [0, 0.1) is 11.8 Å². The van der Waals surface area contributed by atoms with Crippen LogP contribution in [0.1, 0.15) is 73.1 Å². The minimum Gasteiger partial charge on any atom is -0.444 e. The first-order valence-electron chi connectivity index (χ1n) is 10.2. The van der Waals surface area contributed by atoms with E-state index in [0.717, 1.165) is 12.5 Å². The molecule has 0 radical (unpaired) electrons. The van der Waals surface area contributed by atoms with Crippen LogP contribution < -0.4 is 16.0 Å². The molecule has 1 aliphatic carbocycles. The van der Waals surface area contributed by atoms with Crippen LogP contribution in [0.15, 0.2) is 0 Å². The highest BCUT2D eigenvalue weighted by atomic mass is 16.6. The van der Waals surface area contributed by atoms with Gasteiger partial charge in [0.05, 0.1) is 0 Å². The summed E-state index contributed by atoms with van der Waals surface area (Å²) >= 11 is 0. The van der Waals surface area contributed by atoms with E-state index in [2.05, 4.69) is 29.8 Å². The molecule has 0 spiro atoms. The van der Waals surface area contributed by atoms with E-state index in [9.17, 15) is 4.79 Å². The molecule has 1 saturated heterocycles. The summed E-state index contributed by atoms with van der Waals surface area (Å²) in [6.07, 6.45) is 7.55. The molecule has 146 valence electrons. The molecule has 1 heterocycles. The zero-order valence-electron chi connectivity index (χ0n) is 16.9. The van der Waals surface area contributed by atoms with Crippen LogP contribution in [0.25, 0.3) is 0 Å². The van der Waals surface area contributed by atoms with Crippen molar-refractivity contribution in [2.24, 2.45) is 11.8 Å². The van der Waals surface area contributed by atoms with Crippen LogP contribution in [0.2, 0.25) is 0 Å². The van der Waals surface area contributed by atoms with Crippen LogP contribution in [0.5, 0.6) is 0 Å². The van der Waals surface area contributed by atoms with Crippen LogP contribution >= 0.6 is 0 Å². The second-order valence-corrected chi connectivity index (χ2v) is 9.16. The summed E-state index contributed by atoms with van der Waals surface area (Å²) in [6, 6.07) is 1.33. The summed E-state index contributed by atoms with van der Waals surface area (Å²) in [5.74, 6) is 1.10. The Kier molecular flexibility index (Phi) is 7.56. The van der Waals surface area contributed by atoms with Gasteiger partial charge in [0.1, 0.15) is 5.60 Å². The predicted octanol–water partition coefficient (Wildman–Crippen LogP) is 3.44. The molecule has 0 aromatic carbocycles. The second-order valence-electron chi connectivity index (χ2n) is 9.16. The summed E-state index contributed by atoms with van der Waals surface area (Å²) in [4.78, 5) is 12.1. The maximum absolute atomic E-state index is 12.1. The Morgan fingerprint density at radius 1 is 1.16 bits per heavy atom. The fourth-order valence-corrected chi connectivity index (χ4v) is 4.16. The van der Waals surface area contributed by atoms with E-state index < -0.39 is 5.60 Å². The van der Waals surface area contributed by atoms with Gasteiger partial charge in [-0.2, -0.15) is 0 Å². The molecule has 0 bridgehead atoms. The number of piperidine rings is 1. The molecular weight excluding hydrogens is 314 g/mol. The molecule has 3 N–H and O–H groups in total. The number of alkyl carbamates (subject to hydrolysis) is 1. The minimum absolute atomic E-state index is 0.0930. The van der Waals surface area contributed by atoms with Crippen molar-refractivity contribution in [1.82, 2.24) is 16.0 Å². The number of nitrogens with one attached hydrogen (secondary N) is 3. The van der Waals surface area contributed by atoms with Crippen molar-refractivity contribution in [3.05, 3.63) is 0 Å².